The molecule has 5 heteroatoms. The van der Waals surface area contributed by atoms with E-state index in [-0.39, 0.29) is 11.9 Å². The molecule has 0 aliphatic carbocycles. The second-order valence-electron chi connectivity index (χ2n) is 3.18. The van der Waals surface area contributed by atoms with Crippen LogP contribution in [0.5, 0.6) is 0 Å². The van der Waals surface area contributed by atoms with Crippen molar-refractivity contribution in [3.63, 3.8) is 0 Å². The van der Waals surface area contributed by atoms with Crippen molar-refractivity contribution in [2.75, 3.05) is 6.54 Å². The molecule has 2 rings (SSSR count). The molecule has 1 aromatic carbocycles. The van der Waals surface area contributed by atoms with Gasteiger partial charge in [-0.3, -0.25) is 0 Å². The molecule has 0 fully saturated rings. The van der Waals surface area contributed by atoms with Gasteiger partial charge in [-0.25, -0.2) is 14.1 Å². The first-order valence-electron chi connectivity index (χ1n) is 4.61. The third-order valence-corrected chi connectivity index (χ3v) is 2.21. The molecular formula is C10H11FN4. The molecule has 0 bridgehead atoms. The first kappa shape index (κ1) is 9.79. The highest BCUT2D eigenvalue weighted by Gasteiger charge is 2.12. The van der Waals surface area contributed by atoms with Crippen LogP contribution in [0.25, 0.3) is 0 Å². The summed E-state index contributed by atoms with van der Waals surface area (Å²) in [5.41, 5.74) is 6.43. The molecule has 1 aromatic heterocycles. The summed E-state index contributed by atoms with van der Waals surface area (Å²) in [6.45, 7) is 0.354. The molecule has 0 aliphatic heterocycles. The van der Waals surface area contributed by atoms with Gasteiger partial charge in [0.1, 0.15) is 18.5 Å². The average Bonchev–Trinajstić information content (AvgIpc) is 2.72. The lowest BCUT2D eigenvalue weighted by Gasteiger charge is -2.14. The Labute approximate surface area is 86.6 Å². The van der Waals surface area contributed by atoms with E-state index in [1.54, 1.807) is 17.1 Å². The molecule has 2 aromatic rings. The molecule has 15 heavy (non-hydrogen) atoms. The van der Waals surface area contributed by atoms with Gasteiger partial charge in [0.15, 0.2) is 0 Å². The highest BCUT2D eigenvalue weighted by atomic mass is 19.1. The van der Waals surface area contributed by atoms with E-state index in [1.165, 1.54) is 18.5 Å². The van der Waals surface area contributed by atoms with Crippen LogP contribution in [0.2, 0.25) is 0 Å². The van der Waals surface area contributed by atoms with Gasteiger partial charge < -0.3 is 5.73 Å². The van der Waals surface area contributed by atoms with E-state index in [0.717, 1.165) is 5.56 Å². The van der Waals surface area contributed by atoms with Gasteiger partial charge >= 0.3 is 0 Å². The van der Waals surface area contributed by atoms with Gasteiger partial charge in [0.25, 0.3) is 0 Å². The third kappa shape index (κ3) is 2.02. The Balaban J connectivity index is 2.35. The maximum Gasteiger partial charge on any atom is 0.137 e. The Morgan fingerprint density at radius 2 is 2.33 bits per heavy atom. The summed E-state index contributed by atoms with van der Waals surface area (Å²) in [6, 6.07) is 6.17. The van der Waals surface area contributed by atoms with Crippen molar-refractivity contribution in [2.45, 2.75) is 6.04 Å². The normalized spacial score (nSPS) is 12.7. The van der Waals surface area contributed by atoms with E-state index in [4.69, 9.17) is 5.73 Å². The highest BCUT2D eigenvalue weighted by molar-refractivity contribution is 5.20. The monoisotopic (exact) mass is 206 g/mol. The molecule has 0 amide bonds. The average molecular weight is 206 g/mol. The number of nitrogens with two attached hydrogens (primary N) is 1. The number of rotatable bonds is 3. The fraction of sp³-hybridized carbons (Fsp3) is 0.200. The summed E-state index contributed by atoms with van der Waals surface area (Å²) in [4.78, 5) is 3.84. The third-order valence-electron chi connectivity index (χ3n) is 2.21. The Hall–Kier alpha value is -1.75. The van der Waals surface area contributed by atoms with Gasteiger partial charge in [-0.1, -0.05) is 12.1 Å². The standard InChI is InChI=1S/C10H11FN4/c11-9-3-1-2-8(4-9)10(5-12)15-7-13-6-14-15/h1-4,6-7,10H,5,12H2. The van der Waals surface area contributed by atoms with E-state index < -0.39 is 0 Å². The SMILES string of the molecule is NCC(c1cccc(F)c1)n1cncn1. The van der Waals surface area contributed by atoms with Crippen LogP contribution in [0.4, 0.5) is 4.39 Å². The molecule has 0 spiro atoms. The first-order valence-corrected chi connectivity index (χ1v) is 4.61. The van der Waals surface area contributed by atoms with E-state index in [1.807, 2.05) is 6.07 Å². The van der Waals surface area contributed by atoms with Crippen molar-refractivity contribution in [2.24, 2.45) is 5.73 Å². The summed E-state index contributed by atoms with van der Waals surface area (Å²) in [6.07, 6.45) is 3.00. The summed E-state index contributed by atoms with van der Waals surface area (Å²) < 4.78 is 14.6. The van der Waals surface area contributed by atoms with Gasteiger partial charge in [0, 0.05) is 6.54 Å². The first-order chi connectivity index (χ1) is 7.31. The number of hydrogen-bond donors (Lipinski definition) is 1. The Kier molecular flexibility index (Phi) is 2.73. The smallest absolute Gasteiger partial charge is 0.137 e. The van der Waals surface area contributed by atoms with E-state index in [0.29, 0.717) is 6.54 Å². The lowest BCUT2D eigenvalue weighted by molar-refractivity contribution is 0.525. The van der Waals surface area contributed by atoms with Gasteiger partial charge in [0.05, 0.1) is 6.04 Å². The number of nitrogens with zero attached hydrogens (tertiary/aromatic N) is 3. The zero-order valence-electron chi connectivity index (χ0n) is 8.05. The van der Waals surface area contributed by atoms with Crippen LogP contribution < -0.4 is 5.73 Å². The predicted molar refractivity (Wildman–Crippen MR) is 53.6 cm³/mol. The summed E-state index contributed by atoms with van der Waals surface area (Å²) in [7, 11) is 0. The molecule has 0 radical (unpaired) electrons. The largest absolute Gasteiger partial charge is 0.328 e. The number of aromatic nitrogens is 3. The van der Waals surface area contributed by atoms with E-state index in [2.05, 4.69) is 10.1 Å². The Bertz CT molecular complexity index is 427. The lowest BCUT2D eigenvalue weighted by atomic mass is 10.1. The second kappa shape index (κ2) is 4.18. The van der Waals surface area contributed by atoms with Crippen LogP contribution in [0, 0.1) is 5.82 Å². The van der Waals surface area contributed by atoms with E-state index >= 15 is 0 Å². The van der Waals surface area contributed by atoms with Crippen LogP contribution in [-0.2, 0) is 0 Å². The molecule has 4 nitrogen and oxygen atoms in total. The van der Waals surface area contributed by atoms with Crippen molar-refractivity contribution in [3.05, 3.63) is 48.3 Å². The highest BCUT2D eigenvalue weighted by Crippen LogP contribution is 2.16. The van der Waals surface area contributed by atoms with E-state index in [9.17, 15) is 4.39 Å². The van der Waals surface area contributed by atoms with Crippen LogP contribution in [0.1, 0.15) is 11.6 Å². The maximum absolute atomic E-state index is 13.0. The van der Waals surface area contributed by atoms with Crippen LogP contribution in [-0.4, -0.2) is 21.3 Å². The summed E-state index contributed by atoms with van der Waals surface area (Å²) in [5.74, 6) is -0.272. The lowest BCUT2D eigenvalue weighted by Crippen LogP contribution is -2.20. The minimum atomic E-state index is -0.272. The van der Waals surface area contributed by atoms with Crippen LogP contribution in [0.15, 0.2) is 36.9 Å². The molecule has 1 heterocycles. The molecular weight excluding hydrogens is 195 g/mol. The van der Waals surface area contributed by atoms with Crippen molar-refractivity contribution >= 4 is 0 Å². The predicted octanol–water partition coefficient (Wildman–Crippen LogP) is 0.965. The summed E-state index contributed by atoms with van der Waals surface area (Å²) in [5, 5.41) is 4.00. The molecule has 2 N–H and O–H groups in total. The molecule has 0 saturated heterocycles. The van der Waals surface area contributed by atoms with Crippen molar-refractivity contribution in [1.29, 1.82) is 0 Å². The fourth-order valence-corrected chi connectivity index (χ4v) is 1.49. The van der Waals surface area contributed by atoms with Crippen molar-refractivity contribution < 1.29 is 4.39 Å². The topological polar surface area (TPSA) is 56.7 Å². The zero-order valence-corrected chi connectivity index (χ0v) is 8.05. The van der Waals surface area contributed by atoms with Gasteiger partial charge in [-0.05, 0) is 17.7 Å². The Morgan fingerprint density at radius 1 is 1.47 bits per heavy atom. The van der Waals surface area contributed by atoms with Gasteiger partial charge in [-0.2, -0.15) is 5.10 Å². The van der Waals surface area contributed by atoms with Crippen LogP contribution in [0.3, 0.4) is 0 Å². The minimum Gasteiger partial charge on any atom is -0.328 e. The number of benzene rings is 1. The quantitative estimate of drug-likeness (QED) is 0.813. The maximum atomic E-state index is 13.0. The molecule has 78 valence electrons. The Morgan fingerprint density at radius 3 is 2.93 bits per heavy atom. The van der Waals surface area contributed by atoms with Crippen molar-refractivity contribution in [3.8, 4) is 0 Å². The molecule has 1 atom stereocenters. The number of halogens is 1. The van der Waals surface area contributed by atoms with Crippen LogP contribution >= 0.6 is 0 Å². The minimum absolute atomic E-state index is 0.164. The fourth-order valence-electron chi connectivity index (χ4n) is 1.49. The van der Waals surface area contributed by atoms with Gasteiger partial charge in [-0.15, -0.1) is 0 Å². The summed E-state index contributed by atoms with van der Waals surface area (Å²) >= 11 is 0. The number of hydrogen-bond acceptors (Lipinski definition) is 3. The molecule has 1 unspecified atom stereocenters. The van der Waals surface area contributed by atoms with Gasteiger partial charge in [0.2, 0.25) is 0 Å². The molecule has 0 saturated carbocycles. The second-order valence-corrected chi connectivity index (χ2v) is 3.18. The van der Waals surface area contributed by atoms with Crippen molar-refractivity contribution in [1.82, 2.24) is 14.8 Å². The zero-order chi connectivity index (χ0) is 10.7. The molecule has 0 aliphatic rings.